The fourth-order valence-corrected chi connectivity index (χ4v) is 4.24. The molecule has 1 aliphatic carbocycles. The van der Waals surface area contributed by atoms with Gasteiger partial charge in [-0.25, -0.2) is 9.59 Å². The molecule has 0 bridgehead atoms. The maximum atomic E-state index is 12.6. The summed E-state index contributed by atoms with van der Waals surface area (Å²) in [5, 5.41) is 12.1. The van der Waals surface area contributed by atoms with Crippen LogP contribution in [0, 0.1) is 0 Å². The highest BCUT2D eigenvalue weighted by atomic mass is 16.5. The Morgan fingerprint density at radius 1 is 0.939 bits per heavy atom. The molecule has 1 atom stereocenters. The van der Waals surface area contributed by atoms with Crippen LogP contribution in [-0.2, 0) is 16.0 Å². The molecule has 7 nitrogen and oxygen atoms in total. The van der Waals surface area contributed by atoms with Gasteiger partial charge in [0.15, 0.2) is 0 Å². The van der Waals surface area contributed by atoms with Crippen molar-refractivity contribution in [3.8, 4) is 22.6 Å². The summed E-state index contributed by atoms with van der Waals surface area (Å²) in [5.74, 6) is -0.203. The van der Waals surface area contributed by atoms with Crippen molar-refractivity contribution in [2.75, 3.05) is 20.8 Å². The maximum Gasteiger partial charge on any atom is 0.407 e. The first kappa shape index (κ1) is 22.2. The molecule has 3 aromatic rings. The van der Waals surface area contributed by atoms with E-state index in [0.29, 0.717) is 17.1 Å². The number of hydrogen-bond acceptors (Lipinski definition) is 5. The summed E-state index contributed by atoms with van der Waals surface area (Å²) >= 11 is 0. The van der Waals surface area contributed by atoms with Crippen LogP contribution in [0.25, 0.3) is 11.1 Å². The topological polar surface area (TPSA) is 94.1 Å². The fourth-order valence-electron chi connectivity index (χ4n) is 4.24. The molecular weight excluding hydrogens is 422 g/mol. The number of carbonyl (C=O) groups is 2. The molecule has 4 rings (SSSR count). The van der Waals surface area contributed by atoms with Gasteiger partial charge in [-0.2, -0.15) is 0 Å². The van der Waals surface area contributed by atoms with Crippen LogP contribution in [0.5, 0.6) is 11.5 Å². The largest absolute Gasteiger partial charge is 0.497 e. The lowest BCUT2D eigenvalue weighted by Crippen LogP contribution is -2.43. The molecule has 33 heavy (non-hydrogen) atoms. The van der Waals surface area contributed by atoms with Gasteiger partial charge in [0.2, 0.25) is 0 Å². The second-order valence-corrected chi connectivity index (χ2v) is 7.74. The van der Waals surface area contributed by atoms with Gasteiger partial charge < -0.3 is 24.6 Å². The van der Waals surface area contributed by atoms with E-state index in [4.69, 9.17) is 14.2 Å². The Bertz CT molecular complexity index is 1130. The minimum absolute atomic E-state index is 0.0138. The summed E-state index contributed by atoms with van der Waals surface area (Å²) < 4.78 is 16.0. The van der Waals surface area contributed by atoms with E-state index < -0.39 is 18.1 Å². The first-order chi connectivity index (χ1) is 16.0. The Balaban J connectivity index is 1.45. The van der Waals surface area contributed by atoms with Gasteiger partial charge in [-0.05, 0) is 40.5 Å². The lowest BCUT2D eigenvalue weighted by molar-refractivity contribution is -0.139. The number of carbonyl (C=O) groups excluding carboxylic acids is 1. The Labute approximate surface area is 191 Å². The molecule has 1 aliphatic rings. The smallest absolute Gasteiger partial charge is 0.407 e. The minimum Gasteiger partial charge on any atom is -0.497 e. The van der Waals surface area contributed by atoms with E-state index >= 15 is 0 Å². The van der Waals surface area contributed by atoms with Crippen LogP contribution in [0.3, 0.4) is 0 Å². The number of hydrogen-bond donors (Lipinski definition) is 2. The number of amides is 1. The van der Waals surface area contributed by atoms with Crippen molar-refractivity contribution < 1.29 is 28.9 Å². The average molecular weight is 447 g/mol. The molecule has 0 aromatic heterocycles. The standard InChI is InChI=1S/C26H25NO6/c1-31-17-11-12-24(32-2)16(13-17)14-23(25(28)29)27-26(30)33-15-22-20-9-5-3-7-18(20)19-8-4-6-10-21(19)22/h3-13,22-23H,14-15H2,1-2H3,(H,27,30)(H,28,29)/t23-/m1/s1. The number of fused-ring (bicyclic) bond motifs is 3. The molecule has 0 fully saturated rings. The van der Waals surface area contributed by atoms with Gasteiger partial charge in [-0.1, -0.05) is 48.5 Å². The molecule has 0 aliphatic heterocycles. The van der Waals surface area contributed by atoms with Crippen LogP contribution in [-0.4, -0.2) is 44.0 Å². The van der Waals surface area contributed by atoms with Gasteiger partial charge in [0, 0.05) is 17.9 Å². The molecule has 1 amide bonds. The normalized spacial score (nSPS) is 12.9. The lowest BCUT2D eigenvalue weighted by Gasteiger charge is -2.18. The Morgan fingerprint density at radius 2 is 1.58 bits per heavy atom. The van der Waals surface area contributed by atoms with Crippen molar-refractivity contribution in [1.29, 1.82) is 0 Å². The summed E-state index contributed by atoms with van der Waals surface area (Å²) in [6.07, 6.45) is -0.772. The number of methoxy groups -OCH3 is 2. The van der Waals surface area contributed by atoms with Crippen molar-refractivity contribution in [3.05, 3.63) is 83.4 Å². The molecule has 2 N–H and O–H groups in total. The minimum atomic E-state index is -1.19. The van der Waals surface area contributed by atoms with E-state index in [-0.39, 0.29) is 18.9 Å². The molecule has 170 valence electrons. The molecule has 0 spiro atoms. The molecule has 0 unspecified atom stereocenters. The molecule has 0 heterocycles. The summed E-state index contributed by atoms with van der Waals surface area (Å²) in [6.45, 7) is 0.106. The number of rotatable bonds is 8. The number of alkyl carbamates (subject to hydrolysis) is 1. The number of nitrogens with one attached hydrogen (secondary N) is 1. The molecule has 0 saturated carbocycles. The third kappa shape index (κ3) is 4.62. The number of aliphatic carboxylic acids is 1. The zero-order valence-corrected chi connectivity index (χ0v) is 18.4. The Hall–Kier alpha value is -4.00. The zero-order chi connectivity index (χ0) is 23.4. The monoisotopic (exact) mass is 447 g/mol. The Kier molecular flexibility index (Phi) is 6.49. The van der Waals surface area contributed by atoms with Crippen molar-refractivity contribution >= 4 is 12.1 Å². The SMILES string of the molecule is COc1ccc(OC)c(C[C@@H](NC(=O)OCC2c3ccccc3-c3ccccc32)C(=O)O)c1. The predicted molar refractivity (Wildman–Crippen MR) is 123 cm³/mol. The number of benzene rings is 3. The highest BCUT2D eigenvalue weighted by Gasteiger charge is 2.30. The van der Waals surface area contributed by atoms with Gasteiger partial charge in [-0.15, -0.1) is 0 Å². The molecule has 3 aromatic carbocycles. The van der Waals surface area contributed by atoms with E-state index in [0.717, 1.165) is 22.3 Å². The van der Waals surface area contributed by atoms with Gasteiger partial charge in [0.1, 0.15) is 24.1 Å². The van der Waals surface area contributed by atoms with Crippen LogP contribution < -0.4 is 14.8 Å². The lowest BCUT2D eigenvalue weighted by atomic mass is 9.98. The van der Waals surface area contributed by atoms with Gasteiger partial charge in [0.05, 0.1) is 14.2 Å². The summed E-state index contributed by atoms with van der Waals surface area (Å²) in [6, 6.07) is 19.9. The highest BCUT2D eigenvalue weighted by Crippen LogP contribution is 2.44. The number of carboxylic acid groups (broad SMARTS) is 1. The molecular formula is C26H25NO6. The van der Waals surface area contributed by atoms with E-state index in [1.54, 1.807) is 18.2 Å². The van der Waals surface area contributed by atoms with Crippen molar-refractivity contribution in [2.24, 2.45) is 0 Å². The van der Waals surface area contributed by atoms with E-state index in [9.17, 15) is 14.7 Å². The van der Waals surface area contributed by atoms with Gasteiger partial charge in [0.25, 0.3) is 0 Å². The highest BCUT2D eigenvalue weighted by molar-refractivity contribution is 5.81. The summed E-state index contributed by atoms with van der Waals surface area (Å²) in [7, 11) is 3.02. The van der Waals surface area contributed by atoms with Crippen molar-refractivity contribution in [2.45, 2.75) is 18.4 Å². The third-order valence-electron chi connectivity index (χ3n) is 5.85. The predicted octanol–water partition coefficient (Wildman–Crippen LogP) is 4.24. The molecule has 0 saturated heterocycles. The van der Waals surface area contributed by atoms with Crippen LogP contribution in [0.4, 0.5) is 4.79 Å². The summed E-state index contributed by atoms with van der Waals surface area (Å²) in [4.78, 5) is 24.4. The second kappa shape index (κ2) is 9.65. The van der Waals surface area contributed by atoms with E-state index in [1.165, 1.54) is 14.2 Å². The van der Waals surface area contributed by atoms with Crippen molar-refractivity contribution in [1.82, 2.24) is 5.32 Å². The zero-order valence-electron chi connectivity index (χ0n) is 18.4. The second-order valence-electron chi connectivity index (χ2n) is 7.74. The van der Waals surface area contributed by atoms with E-state index in [2.05, 4.69) is 17.4 Å². The quantitative estimate of drug-likeness (QED) is 0.537. The number of carboxylic acids is 1. The third-order valence-corrected chi connectivity index (χ3v) is 5.85. The van der Waals surface area contributed by atoms with Crippen LogP contribution in [0.1, 0.15) is 22.6 Å². The molecule has 0 radical (unpaired) electrons. The van der Waals surface area contributed by atoms with Crippen LogP contribution in [0.15, 0.2) is 66.7 Å². The van der Waals surface area contributed by atoms with Crippen LogP contribution >= 0.6 is 0 Å². The van der Waals surface area contributed by atoms with Gasteiger partial charge in [-0.3, -0.25) is 0 Å². The van der Waals surface area contributed by atoms with E-state index in [1.807, 2.05) is 36.4 Å². The fraction of sp³-hybridized carbons (Fsp3) is 0.231. The Morgan fingerprint density at radius 3 is 2.15 bits per heavy atom. The first-order valence-corrected chi connectivity index (χ1v) is 10.6. The van der Waals surface area contributed by atoms with Crippen molar-refractivity contribution in [3.63, 3.8) is 0 Å². The van der Waals surface area contributed by atoms with Crippen LogP contribution in [0.2, 0.25) is 0 Å². The average Bonchev–Trinajstić information content (AvgIpc) is 3.16. The number of ether oxygens (including phenoxy) is 3. The first-order valence-electron chi connectivity index (χ1n) is 10.6. The maximum absolute atomic E-state index is 12.6. The van der Waals surface area contributed by atoms with Gasteiger partial charge >= 0.3 is 12.1 Å². The summed E-state index contributed by atoms with van der Waals surface area (Å²) in [5.41, 5.74) is 5.01. The molecule has 7 heteroatoms.